The summed E-state index contributed by atoms with van der Waals surface area (Å²) < 4.78 is 49.3. The fourth-order valence-corrected chi connectivity index (χ4v) is 8.47. The summed E-state index contributed by atoms with van der Waals surface area (Å²) in [6.07, 6.45) is 9.52. The van der Waals surface area contributed by atoms with Gasteiger partial charge in [-0.15, -0.1) is 0 Å². The number of β-amino-alcohol motifs (C(OH)–C–C–N with tert-alkyl or cyclic N) is 2. The van der Waals surface area contributed by atoms with Crippen molar-refractivity contribution in [3.63, 3.8) is 0 Å². The fourth-order valence-electron chi connectivity index (χ4n) is 7.07. The summed E-state index contributed by atoms with van der Waals surface area (Å²) >= 11 is 7.32. The lowest BCUT2D eigenvalue weighted by Gasteiger charge is -2.31. The average molecular weight is 1110 g/mol. The lowest BCUT2D eigenvalue weighted by Crippen LogP contribution is -2.39. The number of benzene rings is 2. The zero-order valence-corrected chi connectivity index (χ0v) is 41.2. The van der Waals surface area contributed by atoms with Crippen molar-refractivity contribution in [2.45, 2.75) is 71.6 Å². The molecule has 0 saturated heterocycles. The first-order chi connectivity index (χ1) is 31.4. The Balaban J connectivity index is 0.000000298. The summed E-state index contributed by atoms with van der Waals surface area (Å²) in [6, 6.07) is 12.7. The minimum atomic E-state index is -1.15. The molecule has 6 heterocycles. The second-order valence-corrected chi connectivity index (χ2v) is 16.6. The van der Waals surface area contributed by atoms with Gasteiger partial charge in [0.1, 0.15) is 24.7 Å². The Morgan fingerprint density at radius 3 is 1.65 bits per heavy atom. The molecule has 22 heteroatoms. The standard InChI is InChI=1S/C23H23BrFN3O4.C16H20BrN3O3.C6H4FNO2.CH4.2H2S/c24-23-19-6-8-28(11-16(19)1-4-21(23)31-13-18-10-26-14-32-18)12-17(29)2-3-20(30)15-5-7-27-22(25)9-15;17-16-14-3-4-20(8-12(21)5-18)7-11(14)1-2-15(16)22-9-13-6-19-10-23-13;7-5-3-4(6(9)10)1-2-8-5;;;/h1,4-5,7,9-10,14,17,29H,2-3,6,8,11-13H2;1-2,6,10,12,21H,3-5,7-9,18H2;1-3H,(H,9,10);1H4;2*1H2/t17-;12-;;;;/m00..../s1. The number of aliphatic hydroxyl groups excluding tert-OH is 2. The molecule has 0 radical (unpaired) electrons. The van der Waals surface area contributed by atoms with Crippen LogP contribution in [0.4, 0.5) is 8.78 Å². The van der Waals surface area contributed by atoms with Crippen LogP contribution in [0, 0.1) is 11.9 Å². The molecule has 0 fully saturated rings. The van der Waals surface area contributed by atoms with Crippen molar-refractivity contribution in [2.24, 2.45) is 5.73 Å². The molecular formula is C46H55Br2F2N7O9S2. The fraction of sp³-hybridized carbons (Fsp3) is 0.348. The number of carboxylic acids is 1. The smallest absolute Gasteiger partial charge is 0.335 e. The van der Waals surface area contributed by atoms with Gasteiger partial charge < -0.3 is 39.4 Å². The van der Waals surface area contributed by atoms with Crippen LogP contribution >= 0.6 is 58.9 Å². The van der Waals surface area contributed by atoms with Crippen LogP contribution < -0.4 is 15.2 Å². The monoisotopic (exact) mass is 1110 g/mol. The van der Waals surface area contributed by atoms with Crippen LogP contribution in [0.3, 0.4) is 0 Å². The summed E-state index contributed by atoms with van der Waals surface area (Å²) in [5, 5.41) is 28.5. The van der Waals surface area contributed by atoms with Crippen LogP contribution in [0.2, 0.25) is 0 Å². The van der Waals surface area contributed by atoms with Gasteiger partial charge in [-0.25, -0.2) is 24.7 Å². The van der Waals surface area contributed by atoms with Gasteiger partial charge in [0.05, 0.1) is 39.1 Å². The van der Waals surface area contributed by atoms with E-state index in [2.05, 4.69) is 67.7 Å². The van der Waals surface area contributed by atoms with E-state index in [0.29, 0.717) is 57.3 Å². The molecule has 5 N–H and O–H groups in total. The van der Waals surface area contributed by atoms with E-state index in [1.54, 1.807) is 12.4 Å². The summed E-state index contributed by atoms with van der Waals surface area (Å²) in [5.41, 5.74) is 10.6. The number of aromatic nitrogens is 4. The Hall–Kier alpha value is -4.78. The number of carbonyl (C=O) groups is 2. The highest BCUT2D eigenvalue weighted by Crippen LogP contribution is 2.36. The highest BCUT2D eigenvalue weighted by Gasteiger charge is 2.24. The number of aliphatic hydroxyl groups is 2. The number of Topliss-reactive ketones (excluding diaryl/α,β-unsaturated/α-hetero) is 1. The van der Waals surface area contributed by atoms with Crippen LogP contribution in [0.15, 0.2) is 104 Å². The van der Waals surface area contributed by atoms with E-state index in [1.807, 2.05) is 18.2 Å². The number of fused-ring (bicyclic) bond motifs is 2. The molecule has 68 heavy (non-hydrogen) atoms. The molecule has 2 aliphatic rings. The Labute approximate surface area is 423 Å². The minimum absolute atomic E-state index is 0. The van der Waals surface area contributed by atoms with Crippen LogP contribution in [-0.4, -0.2) is 102 Å². The molecule has 4 aromatic heterocycles. The second-order valence-electron chi connectivity index (χ2n) is 15.1. The van der Waals surface area contributed by atoms with Crippen LogP contribution in [0.25, 0.3) is 0 Å². The topological polar surface area (TPSA) is 224 Å². The average Bonchev–Trinajstić information content (AvgIpc) is 4.04. The third-order valence-corrected chi connectivity index (χ3v) is 12.1. The maximum absolute atomic E-state index is 13.2. The molecule has 0 amide bonds. The number of oxazole rings is 2. The molecule has 6 aromatic rings. The lowest BCUT2D eigenvalue weighted by atomic mass is 9.98. The van der Waals surface area contributed by atoms with Gasteiger partial charge >= 0.3 is 5.97 Å². The largest absolute Gasteiger partial charge is 0.484 e. The molecule has 2 atom stereocenters. The Morgan fingerprint density at radius 2 is 1.22 bits per heavy atom. The van der Waals surface area contributed by atoms with E-state index in [4.69, 9.17) is 29.1 Å². The summed E-state index contributed by atoms with van der Waals surface area (Å²) in [7, 11) is 0. The van der Waals surface area contributed by atoms with Crippen LogP contribution in [0.1, 0.15) is 74.8 Å². The van der Waals surface area contributed by atoms with Crippen molar-refractivity contribution >= 4 is 70.6 Å². The van der Waals surface area contributed by atoms with E-state index in [-0.39, 0.29) is 57.7 Å². The second kappa shape index (κ2) is 28.6. The summed E-state index contributed by atoms with van der Waals surface area (Å²) in [5.74, 6) is 0.0904. The number of pyridine rings is 2. The number of hydrogen-bond donors (Lipinski definition) is 4. The van der Waals surface area contributed by atoms with Gasteiger partial charge in [0.15, 0.2) is 30.1 Å². The van der Waals surface area contributed by atoms with Crippen molar-refractivity contribution in [3.8, 4) is 11.5 Å². The summed E-state index contributed by atoms with van der Waals surface area (Å²) in [4.78, 5) is 41.2. The quantitative estimate of drug-likeness (QED) is 0.0547. The number of carboxylic acid groups (broad SMARTS) is 1. The van der Waals surface area contributed by atoms with Crippen molar-refractivity contribution in [1.29, 1.82) is 0 Å². The molecule has 0 spiro atoms. The third-order valence-electron chi connectivity index (χ3n) is 10.4. The maximum atomic E-state index is 13.2. The molecule has 16 nitrogen and oxygen atoms in total. The molecular weight excluding hydrogens is 1060 g/mol. The number of nitrogens with two attached hydrogens (primary N) is 1. The Morgan fingerprint density at radius 1 is 0.750 bits per heavy atom. The zero-order valence-electron chi connectivity index (χ0n) is 36.0. The van der Waals surface area contributed by atoms with Crippen molar-refractivity contribution in [3.05, 3.63) is 152 Å². The normalized spacial score (nSPS) is 13.8. The molecule has 0 aliphatic carbocycles. The number of carbonyl (C=O) groups excluding carboxylic acids is 1. The van der Waals surface area contributed by atoms with Gasteiger partial charge in [0, 0.05) is 82.3 Å². The van der Waals surface area contributed by atoms with Crippen molar-refractivity contribution < 1.29 is 52.0 Å². The first kappa shape index (κ1) is 57.5. The SMILES string of the molecule is C.NC[C@H](O)CN1CCc2c(ccc(OCc3cnco3)c2Br)C1.O=C(CC[C@H](O)CN1CCc2c(ccc(OCc3cnco3)c2Br)C1)c1ccnc(F)c1.O=C(O)c1ccnc(F)c1.S.S. The number of halogens is 4. The molecule has 0 bridgehead atoms. The first-order valence-electron chi connectivity index (χ1n) is 20.5. The first-order valence-corrected chi connectivity index (χ1v) is 22.1. The van der Waals surface area contributed by atoms with E-state index in [0.717, 1.165) is 71.2 Å². The van der Waals surface area contributed by atoms with Crippen LogP contribution in [-0.2, 0) is 39.1 Å². The van der Waals surface area contributed by atoms with Crippen molar-refractivity contribution in [2.75, 3.05) is 32.7 Å². The van der Waals surface area contributed by atoms with E-state index < -0.39 is 30.1 Å². The predicted octanol–water partition coefficient (Wildman–Crippen LogP) is 7.41. The van der Waals surface area contributed by atoms with Gasteiger partial charge in [0.2, 0.25) is 11.9 Å². The molecule has 368 valence electrons. The number of nitrogens with zero attached hydrogens (tertiary/aromatic N) is 6. The molecule has 2 aromatic carbocycles. The van der Waals surface area contributed by atoms with Gasteiger partial charge in [-0.1, -0.05) is 19.6 Å². The number of aromatic carboxylic acids is 1. The van der Waals surface area contributed by atoms with E-state index in [1.165, 1.54) is 53.4 Å². The highest BCUT2D eigenvalue weighted by molar-refractivity contribution is 9.11. The van der Waals surface area contributed by atoms with Crippen LogP contribution in [0.5, 0.6) is 11.5 Å². The van der Waals surface area contributed by atoms with Gasteiger partial charge in [-0.2, -0.15) is 35.8 Å². The number of rotatable bonds is 16. The highest BCUT2D eigenvalue weighted by atomic mass is 79.9. The molecule has 8 rings (SSSR count). The predicted molar refractivity (Wildman–Crippen MR) is 265 cm³/mol. The number of ketones is 1. The molecule has 0 saturated carbocycles. The third kappa shape index (κ3) is 17.0. The van der Waals surface area contributed by atoms with Gasteiger partial charge in [-0.3, -0.25) is 14.6 Å². The number of hydrogen-bond acceptors (Lipinski definition) is 15. The molecule has 2 aliphatic heterocycles. The number of ether oxygens (including phenoxy) is 2. The van der Waals surface area contributed by atoms with Crippen molar-refractivity contribution in [1.82, 2.24) is 29.7 Å². The zero-order chi connectivity index (χ0) is 46.3. The van der Waals surface area contributed by atoms with Gasteiger partial charge in [0.25, 0.3) is 0 Å². The Kier molecular flexibility index (Phi) is 24.2. The van der Waals surface area contributed by atoms with E-state index in [9.17, 15) is 28.6 Å². The van der Waals surface area contributed by atoms with Gasteiger partial charge in [-0.05, 0) is 97.6 Å². The molecule has 0 unspecified atom stereocenters. The summed E-state index contributed by atoms with van der Waals surface area (Å²) in [6.45, 7) is 5.24. The Bertz CT molecular complexity index is 2500. The maximum Gasteiger partial charge on any atom is 0.335 e. The van der Waals surface area contributed by atoms with E-state index >= 15 is 0 Å². The minimum Gasteiger partial charge on any atom is -0.484 e. The lowest BCUT2D eigenvalue weighted by molar-refractivity contribution is 0.0695.